The Morgan fingerprint density at radius 3 is 2.35 bits per heavy atom. The maximum Gasteiger partial charge on any atom is 0.257 e. The lowest BCUT2D eigenvalue weighted by Crippen LogP contribution is -2.39. The number of halogens is 1. The van der Waals surface area contributed by atoms with Gasteiger partial charge in [-0.1, -0.05) is 36.3 Å². The first-order valence-electron chi connectivity index (χ1n) is 10.1. The molecule has 8 heteroatoms. The molecule has 0 aliphatic rings. The van der Waals surface area contributed by atoms with Crippen molar-refractivity contribution in [3.63, 3.8) is 0 Å². The number of benzene rings is 2. The van der Waals surface area contributed by atoms with Gasteiger partial charge >= 0.3 is 0 Å². The van der Waals surface area contributed by atoms with E-state index in [2.05, 4.69) is 49.6 Å². The van der Waals surface area contributed by atoms with E-state index >= 15 is 0 Å². The van der Waals surface area contributed by atoms with Crippen LogP contribution in [0.15, 0.2) is 58.0 Å². The Hall–Kier alpha value is -2.62. The molecule has 0 unspecified atom stereocenters. The van der Waals surface area contributed by atoms with Crippen molar-refractivity contribution in [1.82, 2.24) is 20.4 Å². The summed E-state index contributed by atoms with van der Waals surface area (Å²) >= 11 is 0. The molecule has 1 N–H and O–H groups in total. The Bertz CT molecular complexity index is 955. The first-order chi connectivity index (χ1) is 14.6. The van der Waals surface area contributed by atoms with Crippen LogP contribution in [0.2, 0.25) is 0 Å². The molecule has 1 aromatic heterocycles. The summed E-state index contributed by atoms with van der Waals surface area (Å²) in [4.78, 5) is 10.9. The minimum Gasteiger partial charge on any atom is -0.497 e. The van der Waals surface area contributed by atoms with Gasteiger partial charge in [0.1, 0.15) is 5.75 Å². The summed E-state index contributed by atoms with van der Waals surface area (Å²) in [6.45, 7) is 3.56. The van der Waals surface area contributed by atoms with Gasteiger partial charge < -0.3 is 19.5 Å². The molecule has 166 valence electrons. The lowest BCUT2D eigenvalue weighted by Gasteiger charge is -2.22. The Morgan fingerprint density at radius 2 is 1.77 bits per heavy atom. The van der Waals surface area contributed by atoms with Crippen LogP contribution < -0.4 is 10.1 Å². The number of rotatable bonds is 8. The SMILES string of the molecule is CCc1noc(-c2ccc(CCNC(=NC)N(C)Cc3ccc(OC)cc3)cc2)n1.I. The largest absolute Gasteiger partial charge is 0.497 e. The van der Waals surface area contributed by atoms with E-state index in [4.69, 9.17) is 9.26 Å². The van der Waals surface area contributed by atoms with Crippen LogP contribution in [0.5, 0.6) is 5.75 Å². The summed E-state index contributed by atoms with van der Waals surface area (Å²) in [5.41, 5.74) is 3.37. The Balaban J connectivity index is 0.00000341. The summed E-state index contributed by atoms with van der Waals surface area (Å²) in [6.07, 6.45) is 1.65. The number of aliphatic imine (C=N–C) groups is 1. The van der Waals surface area contributed by atoms with Crippen molar-refractivity contribution < 1.29 is 9.26 Å². The molecule has 0 saturated heterocycles. The van der Waals surface area contributed by atoms with Gasteiger partial charge in [-0.3, -0.25) is 4.99 Å². The zero-order valence-corrected chi connectivity index (χ0v) is 20.8. The summed E-state index contributed by atoms with van der Waals surface area (Å²) in [5, 5.41) is 7.37. The molecule has 0 bridgehead atoms. The highest BCUT2D eigenvalue weighted by Crippen LogP contribution is 2.18. The lowest BCUT2D eigenvalue weighted by atomic mass is 10.1. The number of hydrogen-bond donors (Lipinski definition) is 1. The number of aryl methyl sites for hydroxylation is 1. The van der Waals surface area contributed by atoms with Crippen LogP contribution in [-0.2, 0) is 19.4 Å². The highest BCUT2D eigenvalue weighted by Gasteiger charge is 2.09. The van der Waals surface area contributed by atoms with Gasteiger partial charge in [-0.05, 0) is 41.8 Å². The molecule has 0 aliphatic carbocycles. The first kappa shape index (κ1) is 24.6. The minimum atomic E-state index is 0. The fraction of sp³-hybridized carbons (Fsp3) is 0.348. The van der Waals surface area contributed by atoms with E-state index in [-0.39, 0.29) is 24.0 Å². The summed E-state index contributed by atoms with van der Waals surface area (Å²) in [5.74, 6) is 3.01. The molecule has 0 fully saturated rings. The van der Waals surface area contributed by atoms with E-state index in [1.807, 2.05) is 38.2 Å². The summed E-state index contributed by atoms with van der Waals surface area (Å²) in [7, 11) is 5.51. The van der Waals surface area contributed by atoms with Crippen LogP contribution in [0.3, 0.4) is 0 Å². The molecule has 31 heavy (non-hydrogen) atoms. The lowest BCUT2D eigenvalue weighted by molar-refractivity contribution is 0.414. The second-order valence-electron chi connectivity index (χ2n) is 6.99. The third kappa shape index (κ3) is 6.95. The molecule has 0 amide bonds. The van der Waals surface area contributed by atoms with Gasteiger partial charge in [0.2, 0.25) is 0 Å². The average Bonchev–Trinajstić information content (AvgIpc) is 3.27. The smallest absolute Gasteiger partial charge is 0.257 e. The third-order valence-corrected chi connectivity index (χ3v) is 4.83. The fourth-order valence-electron chi connectivity index (χ4n) is 3.11. The quantitative estimate of drug-likeness (QED) is 0.265. The monoisotopic (exact) mass is 535 g/mol. The van der Waals surface area contributed by atoms with Crippen LogP contribution >= 0.6 is 24.0 Å². The van der Waals surface area contributed by atoms with Gasteiger partial charge in [0.25, 0.3) is 5.89 Å². The zero-order chi connectivity index (χ0) is 21.3. The van der Waals surface area contributed by atoms with Crippen LogP contribution in [0.25, 0.3) is 11.5 Å². The van der Waals surface area contributed by atoms with Crippen LogP contribution in [0.4, 0.5) is 0 Å². The number of nitrogens with one attached hydrogen (secondary N) is 1. The average molecular weight is 535 g/mol. The van der Waals surface area contributed by atoms with Gasteiger partial charge in [-0.15, -0.1) is 24.0 Å². The molecule has 0 aliphatic heterocycles. The van der Waals surface area contributed by atoms with Crippen molar-refractivity contribution in [1.29, 1.82) is 0 Å². The van der Waals surface area contributed by atoms with Crippen LogP contribution in [0, 0.1) is 0 Å². The predicted molar refractivity (Wildman–Crippen MR) is 134 cm³/mol. The van der Waals surface area contributed by atoms with Gasteiger partial charge in [0, 0.05) is 39.2 Å². The molecular formula is C23H30IN5O2. The van der Waals surface area contributed by atoms with Crippen LogP contribution in [0.1, 0.15) is 23.9 Å². The number of hydrogen-bond acceptors (Lipinski definition) is 5. The second-order valence-corrected chi connectivity index (χ2v) is 6.99. The van der Waals surface area contributed by atoms with E-state index in [1.54, 1.807) is 14.2 Å². The second kappa shape index (κ2) is 12.3. The van der Waals surface area contributed by atoms with E-state index in [9.17, 15) is 0 Å². The van der Waals surface area contributed by atoms with Crippen molar-refractivity contribution in [3.8, 4) is 17.2 Å². The zero-order valence-electron chi connectivity index (χ0n) is 18.5. The minimum absolute atomic E-state index is 0. The number of guanidine groups is 1. The molecule has 2 aromatic carbocycles. The maximum absolute atomic E-state index is 5.29. The highest BCUT2D eigenvalue weighted by atomic mass is 127. The Morgan fingerprint density at radius 1 is 1.10 bits per heavy atom. The molecule has 0 spiro atoms. The fourth-order valence-corrected chi connectivity index (χ4v) is 3.11. The van der Waals surface area contributed by atoms with Crippen molar-refractivity contribution in [2.45, 2.75) is 26.3 Å². The molecule has 3 aromatic rings. The predicted octanol–water partition coefficient (Wildman–Crippen LogP) is 4.18. The first-order valence-corrected chi connectivity index (χ1v) is 10.1. The number of nitrogens with zero attached hydrogens (tertiary/aromatic N) is 4. The maximum atomic E-state index is 5.29. The van der Waals surface area contributed by atoms with E-state index < -0.39 is 0 Å². The van der Waals surface area contributed by atoms with E-state index in [0.717, 1.165) is 49.0 Å². The van der Waals surface area contributed by atoms with E-state index in [1.165, 1.54) is 11.1 Å². The van der Waals surface area contributed by atoms with Crippen LogP contribution in [-0.4, -0.2) is 48.8 Å². The Labute approximate surface area is 200 Å². The molecule has 7 nitrogen and oxygen atoms in total. The van der Waals surface area contributed by atoms with Crippen molar-refractivity contribution in [3.05, 3.63) is 65.5 Å². The van der Waals surface area contributed by atoms with Gasteiger partial charge in [0.15, 0.2) is 11.8 Å². The summed E-state index contributed by atoms with van der Waals surface area (Å²) in [6, 6.07) is 16.3. The molecule has 3 rings (SSSR count). The van der Waals surface area contributed by atoms with E-state index in [0.29, 0.717) is 5.89 Å². The summed E-state index contributed by atoms with van der Waals surface area (Å²) < 4.78 is 10.5. The van der Waals surface area contributed by atoms with Crippen molar-refractivity contribution in [2.24, 2.45) is 4.99 Å². The molecule has 0 radical (unpaired) electrons. The van der Waals surface area contributed by atoms with Crippen molar-refractivity contribution >= 4 is 29.9 Å². The molecule has 0 atom stereocenters. The van der Waals surface area contributed by atoms with Crippen molar-refractivity contribution in [2.75, 3.05) is 27.7 Å². The molecule has 1 heterocycles. The molecule has 0 saturated carbocycles. The van der Waals surface area contributed by atoms with Gasteiger partial charge in [-0.2, -0.15) is 4.98 Å². The Kier molecular flexibility index (Phi) is 9.77. The topological polar surface area (TPSA) is 75.8 Å². The van der Waals surface area contributed by atoms with Gasteiger partial charge in [-0.25, -0.2) is 0 Å². The standard InChI is InChI=1S/C23H29N5O2.HI/c1-5-21-26-22(30-27-21)19-10-6-17(7-11-19)14-15-25-23(24-2)28(3)16-18-8-12-20(29-4)13-9-18;/h6-13H,5,14-16H2,1-4H3,(H,24,25);1H. The number of methoxy groups -OCH3 is 1. The normalized spacial score (nSPS) is 11.0. The highest BCUT2D eigenvalue weighted by molar-refractivity contribution is 14.0. The number of ether oxygens (including phenoxy) is 1. The third-order valence-electron chi connectivity index (χ3n) is 4.83. The van der Waals surface area contributed by atoms with Gasteiger partial charge in [0.05, 0.1) is 7.11 Å². The number of aromatic nitrogens is 2. The molecular weight excluding hydrogens is 505 g/mol.